The molecular formula is C34H60N6O8Si3. The Hall–Kier alpha value is -2.28. The number of fused-ring (bicyclic) bond motifs is 1. The largest absolute Gasteiger partial charge is 0.658 e. The highest BCUT2D eigenvalue weighted by Gasteiger charge is 2.54. The SMILES string of the molecule is CC(C)(CC#N)OC(=O)Nc1ncnc2c1ncn2[C@H]1C[C@H](O)[C@@H](CO[Si](OC2CCCCCCCCCCC2)(O[Si](C)(C)C)O[Si](C)(C)C)O1. The van der Waals surface area contributed by atoms with Crippen molar-refractivity contribution in [2.45, 2.75) is 167 Å². The summed E-state index contributed by atoms with van der Waals surface area (Å²) in [5.74, 6) is 0.154. The maximum absolute atomic E-state index is 12.6. The zero-order chi connectivity index (χ0) is 37.3. The van der Waals surface area contributed by atoms with E-state index >= 15 is 0 Å². The lowest BCUT2D eigenvalue weighted by Gasteiger charge is -2.40. The van der Waals surface area contributed by atoms with Gasteiger partial charge in [0.05, 0.1) is 37.6 Å². The van der Waals surface area contributed by atoms with Crippen molar-refractivity contribution in [1.29, 1.82) is 5.26 Å². The zero-order valence-corrected chi connectivity index (χ0v) is 34.9. The van der Waals surface area contributed by atoms with Crippen molar-refractivity contribution in [3.63, 3.8) is 0 Å². The van der Waals surface area contributed by atoms with Crippen LogP contribution >= 0.6 is 0 Å². The van der Waals surface area contributed by atoms with Crippen LogP contribution in [0.2, 0.25) is 39.3 Å². The molecule has 0 unspecified atom stereocenters. The number of amides is 1. The number of nitriles is 1. The average Bonchev–Trinajstić information content (AvgIpc) is 3.59. The van der Waals surface area contributed by atoms with E-state index in [1.54, 1.807) is 24.7 Å². The van der Waals surface area contributed by atoms with Gasteiger partial charge in [0.2, 0.25) is 0 Å². The number of hydrogen-bond donors (Lipinski definition) is 2. The van der Waals surface area contributed by atoms with E-state index < -0.39 is 55.8 Å². The summed E-state index contributed by atoms with van der Waals surface area (Å²) in [5.41, 5.74) is -0.239. The van der Waals surface area contributed by atoms with E-state index in [1.165, 1.54) is 51.3 Å². The van der Waals surface area contributed by atoms with Crippen molar-refractivity contribution < 1.29 is 36.5 Å². The highest BCUT2D eigenvalue weighted by atomic mass is 28.5. The van der Waals surface area contributed by atoms with E-state index in [9.17, 15) is 9.90 Å². The van der Waals surface area contributed by atoms with Gasteiger partial charge in [0, 0.05) is 6.42 Å². The number of aliphatic hydroxyl groups is 1. The first-order valence-electron chi connectivity index (χ1n) is 18.6. The summed E-state index contributed by atoms with van der Waals surface area (Å²) in [6.07, 6.45) is 13.1. The fourth-order valence-electron chi connectivity index (χ4n) is 6.33. The normalized spacial score (nSPS) is 22.2. The lowest BCUT2D eigenvalue weighted by molar-refractivity contribution is -0.0700. The molecular weight excluding hydrogens is 705 g/mol. The van der Waals surface area contributed by atoms with Crippen molar-refractivity contribution in [3.8, 4) is 6.07 Å². The molecule has 3 atom stereocenters. The summed E-state index contributed by atoms with van der Waals surface area (Å²) in [7, 11) is -8.14. The van der Waals surface area contributed by atoms with Gasteiger partial charge in [0.1, 0.15) is 24.3 Å². The molecule has 1 saturated heterocycles. The lowest BCUT2D eigenvalue weighted by atomic mass is 10.00. The van der Waals surface area contributed by atoms with E-state index in [-0.39, 0.29) is 31.4 Å². The summed E-state index contributed by atoms with van der Waals surface area (Å²) >= 11 is 0. The minimum atomic E-state index is -3.70. The first-order valence-corrected chi connectivity index (χ1v) is 27.0. The molecule has 1 saturated carbocycles. The Morgan fingerprint density at radius 3 is 2.14 bits per heavy atom. The fraction of sp³-hybridized carbons (Fsp3) is 0.794. The summed E-state index contributed by atoms with van der Waals surface area (Å²) in [6, 6.07) is 2.01. The third-order valence-electron chi connectivity index (χ3n) is 8.62. The number of carbonyl (C=O) groups excluding carboxylic acids is 1. The predicted octanol–water partition coefficient (Wildman–Crippen LogP) is 7.56. The smallest absolute Gasteiger partial charge is 0.442 e. The molecule has 1 amide bonds. The summed E-state index contributed by atoms with van der Waals surface area (Å²) in [4.78, 5) is 25.6. The number of carbonyl (C=O) groups is 1. The van der Waals surface area contributed by atoms with Crippen molar-refractivity contribution in [3.05, 3.63) is 12.7 Å². The summed E-state index contributed by atoms with van der Waals surface area (Å²) in [6.45, 7) is 16.1. The van der Waals surface area contributed by atoms with E-state index in [0.29, 0.717) is 11.2 Å². The Kier molecular flexibility index (Phi) is 14.8. The monoisotopic (exact) mass is 764 g/mol. The van der Waals surface area contributed by atoms with Gasteiger partial charge in [-0.15, -0.1) is 0 Å². The molecule has 14 nitrogen and oxygen atoms in total. The third-order valence-corrected chi connectivity index (χ3v) is 16.7. The van der Waals surface area contributed by atoms with Gasteiger partial charge in [-0.1, -0.05) is 57.8 Å². The molecule has 51 heavy (non-hydrogen) atoms. The number of ether oxygens (including phenoxy) is 2. The Morgan fingerprint density at radius 1 is 0.980 bits per heavy atom. The topological polar surface area (TPSA) is 172 Å². The third kappa shape index (κ3) is 13.3. The molecule has 0 radical (unpaired) electrons. The van der Waals surface area contributed by atoms with Crippen LogP contribution in [0.4, 0.5) is 10.6 Å². The second kappa shape index (κ2) is 18.2. The molecule has 2 aliphatic rings. The first kappa shape index (κ1) is 41.5. The Labute approximate surface area is 306 Å². The van der Waals surface area contributed by atoms with Crippen LogP contribution in [0.15, 0.2) is 12.7 Å². The first-order chi connectivity index (χ1) is 24.0. The molecule has 2 aromatic rings. The second-order valence-electron chi connectivity index (χ2n) is 16.3. The maximum Gasteiger partial charge on any atom is 0.658 e. The van der Waals surface area contributed by atoms with Gasteiger partial charge in [-0.05, 0) is 66.0 Å². The molecule has 4 rings (SSSR count). The average molecular weight is 765 g/mol. The molecule has 1 aliphatic carbocycles. The van der Waals surface area contributed by atoms with Crippen LogP contribution < -0.4 is 5.32 Å². The van der Waals surface area contributed by atoms with E-state index in [0.717, 1.165) is 25.7 Å². The Morgan fingerprint density at radius 2 is 1.57 bits per heavy atom. The number of nitrogens with one attached hydrogen (secondary N) is 1. The van der Waals surface area contributed by atoms with Gasteiger partial charge in [0.15, 0.2) is 33.6 Å². The molecule has 1 aliphatic heterocycles. The van der Waals surface area contributed by atoms with Crippen molar-refractivity contribution >= 4 is 48.8 Å². The lowest BCUT2D eigenvalue weighted by Crippen LogP contribution is -2.61. The summed E-state index contributed by atoms with van der Waals surface area (Å²) in [5, 5.41) is 22.9. The van der Waals surface area contributed by atoms with Crippen LogP contribution in [0.5, 0.6) is 0 Å². The number of imidazole rings is 1. The van der Waals surface area contributed by atoms with Gasteiger partial charge in [0.25, 0.3) is 0 Å². The zero-order valence-electron chi connectivity index (χ0n) is 31.9. The molecule has 2 N–H and O–H groups in total. The minimum Gasteiger partial charge on any atom is -0.442 e. The van der Waals surface area contributed by atoms with Crippen LogP contribution in [0.3, 0.4) is 0 Å². The molecule has 17 heteroatoms. The number of anilines is 1. The van der Waals surface area contributed by atoms with Gasteiger partial charge in [-0.25, -0.2) is 19.7 Å². The van der Waals surface area contributed by atoms with E-state index in [1.807, 2.05) is 6.07 Å². The maximum atomic E-state index is 12.6. The van der Waals surface area contributed by atoms with Gasteiger partial charge in [-0.2, -0.15) is 5.26 Å². The second-order valence-corrected chi connectivity index (χ2v) is 27.9. The van der Waals surface area contributed by atoms with Gasteiger partial charge < -0.3 is 31.7 Å². The highest BCUT2D eigenvalue weighted by Crippen LogP contribution is 2.34. The van der Waals surface area contributed by atoms with Crippen LogP contribution in [0.1, 0.15) is 104 Å². The molecule has 0 spiro atoms. The number of aliphatic hydroxyl groups excluding tert-OH is 1. The highest BCUT2D eigenvalue weighted by molar-refractivity contribution is 6.83. The standard InChI is InChI=1S/C34H60N6O8Si3/c1-34(2,20-21-35)45-33(42)39-31-30-32(37-24-36-31)40(25-38-30)29-22-27(41)28(44-29)23-43-51(47-49(3,4)5,48-50(6,7)8)46-26-18-16-14-12-10-9-11-13-15-17-19-26/h24-29,41H,9-20,22-23H2,1-8H3,(H,36,37,39,42)/t27-,28+,29+/m0/s1. The van der Waals surface area contributed by atoms with Gasteiger partial charge in [-0.3, -0.25) is 9.88 Å². The van der Waals surface area contributed by atoms with Gasteiger partial charge >= 0.3 is 15.1 Å². The Bertz CT molecular complexity index is 1430. The van der Waals surface area contributed by atoms with Crippen LogP contribution in [-0.4, -0.2) is 86.9 Å². The van der Waals surface area contributed by atoms with E-state index in [4.69, 9.17) is 31.8 Å². The molecule has 0 aromatic carbocycles. The minimum absolute atomic E-state index is 0.0273. The quantitative estimate of drug-likeness (QED) is 0.192. The van der Waals surface area contributed by atoms with Crippen molar-refractivity contribution in [2.75, 3.05) is 11.9 Å². The molecule has 286 valence electrons. The Balaban J connectivity index is 1.51. The molecule has 0 bridgehead atoms. The van der Waals surface area contributed by atoms with Crippen LogP contribution in [-0.2, 0) is 26.6 Å². The predicted molar refractivity (Wildman–Crippen MR) is 200 cm³/mol. The number of nitrogens with zero attached hydrogens (tertiary/aromatic N) is 5. The number of rotatable bonds is 13. The number of hydrogen-bond acceptors (Lipinski definition) is 12. The molecule has 2 aromatic heterocycles. The van der Waals surface area contributed by atoms with Crippen LogP contribution in [0, 0.1) is 11.3 Å². The van der Waals surface area contributed by atoms with Crippen LogP contribution in [0.25, 0.3) is 11.2 Å². The molecule has 2 fully saturated rings. The number of aromatic nitrogens is 4. The molecule has 3 heterocycles. The fourth-order valence-corrected chi connectivity index (χ4v) is 14.8. The van der Waals surface area contributed by atoms with E-state index in [2.05, 4.69) is 59.6 Å². The van der Waals surface area contributed by atoms with Crippen molar-refractivity contribution in [1.82, 2.24) is 19.5 Å². The summed E-state index contributed by atoms with van der Waals surface area (Å²) < 4.78 is 40.9. The van der Waals surface area contributed by atoms with Crippen molar-refractivity contribution in [2.24, 2.45) is 0 Å².